The summed E-state index contributed by atoms with van der Waals surface area (Å²) in [7, 11) is 0. The van der Waals surface area contributed by atoms with Crippen LogP contribution in [0.15, 0.2) is 63.9 Å². The van der Waals surface area contributed by atoms with E-state index in [4.69, 9.17) is 0 Å². The minimum absolute atomic E-state index is 0.0726. The summed E-state index contributed by atoms with van der Waals surface area (Å²) < 4.78 is 0. The lowest BCUT2D eigenvalue weighted by molar-refractivity contribution is -0.119. The van der Waals surface area contributed by atoms with Gasteiger partial charge in [0.2, 0.25) is 0 Å². The number of carbonyl (C=O) groups excluding carboxylic acids is 1. The van der Waals surface area contributed by atoms with Gasteiger partial charge in [0.05, 0.1) is 17.3 Å². The lowest BCUT2D eigenvalue weighted by Crippen LogP contribution is -2.51. The van der Waals surface area contributed by atoms with Gasteiger partial charge in [-0.2, -0.15) is 10.2 Å². The molecule has 5 rings (SSSR count). The summed E-state index contributed by atoms with van der Waals surface area (Å²) in [6, 6.07) is 8.48. The van der Waals surface area contributed by atoms with E-state index < -0.39 is 5.41 Å². The molecule has 32 heavy (non-hydrogen) atoms. The highest BCUT2D eigenvalue weighted by molar-refractivity contribution is 6.01. The number of fused-ring (bicyclic) bond motifs is 1. The number of Topliss-reactive ketones (excluding diaryl/α,β-unsaturated/α-hetero) is 1. The van der Waals surface area contributed by atoms with Crippen molar-refractivity contribution < 1.29 is 4.79 Å². The SMILES string of the molecule is CCC1(c2cccc(-c3ncnc(C)c3C)c2)C2=CN=NC2NC2=C1C(=O)CC(C)(C)C2. The Morgan fingerprint density at radius 2 is 1.97 bits per heavy atom. The van der Waals surface area contributed by atoms with Crippen LogP contribution in [0.2, 0.25) is 0 Å². The van der Waals surface area contributed by atoms with Gasteiger partial charge < -0.3 is 5.32 Å². The van der Waals surface area contributed by atoms with Crippen molar-refractivity contribution in [2.24, 2.45) is 15.6 Å². The van der Waals surface area contributed by atoms with Crippen molar-refractivity contribution >= 4 is 5.78 Å². The van der Waals surface area contributed by atoms with E-state index in [0.29, 0.717) is 6.42 Å². The molecule has 3 heterocycles. The molecular weight excluding hydrogens is 398 g/mol. The fraction of sp³-hybridized carbons (Fsp3) is 0.423. The molecule has 6 heteroatoms. The average molecular weight is 428 g/mol. The molecule has 0 amide bonds. The number of nitrogens with zero attached hydrogens (tertiary/aromatic N) is 4. The first-order valence-corrected chi connectivity index (χ1v) is 11.3. The van der Waals surface area contributed by atoms with Crippen LogP contribution in [0.4, 0.5) is 0 Å². The van der Waals surface area contributed by atoms with E-state index in [1.54, 1.807) is 6.33 Å². The van der Waals surface area contributed by atoms with Crippen LogP contribution in [0.3, 0.4) is 0 Å². The number of hydrogen-bond donors (Lipinski definition) is 1. The topological polar surface area (TPSA) is 79.6 Å². The maximum absolute atomic E-state index is 13.6. The number of aromatic nitrogens is 2. The van der Waals surface area contributed by atoms with Gasteiger partial charge >= 0.3 is 0 Å². The first-order chi connectivity index (χ1) is 15.3. The van der Waals surface area contributed by atoms with E-state index in [-0.39, 0.29) is 17.4 Å². The summed E-state index contributed by atoms with van der Waals surface area (Å²) in [5.41, 5.74) is 7.45. The second-order valence-corrected chi connectivity index (χ2v) is 9.93. The van der Waals surface area contributed by atoms with Gasteiger partial charge in [-0.1, -0.05) is 39.0 Å². The molecule has 6 nitrogen and oxygen atoms in total. The quantitative estimate of drug-likeness (QED) is 0.718. The summed E-state index contributed by atoms with van der Waals surface area (Å²) in [6.07, 6.45) is 5.39. The van der Waals surface area contributed by atoms with Crippen molar-refractivity contribution in [3.8, 4) is 11.3 Å². The number of rotatable bonds is 3. The van der Waals surface area contributed by atoms with Crippen LogP contribution in [0, 0.1) is 19.3 Å². The molecule has 0 radical (unpaired) electrons. The number of aryl methyl sites for hydroxylation is 1. The van der Waals surface area contributed by atoms with E-state index in [0.717, 1.165) is 57.8 Å². The van der Waals surface area contributed by atoms with Gasteiger partial charge in [0.15, 0.2) is 11.9 Å². The Hall–Kier alpha value is -3.15. The Kier molecular flexibility index (Phi) is 4.66. The lowest BCUT2D eigenvalue weighted by atomic mass is 9.58. The normalized spacial score (nSPS) is 25.8. The number of carbonyl (C=O) groups is 1. The van der Waals surface area contributed by atoms with Crippen LogP contribution < -0.4 is 5.32 Å². The average Bonchev–Trinajstić information content (AvgIpc) is 3.22. The minimum atomic E-state index is -0.547. The molecule has 0 saturated heterocycles. The van der Waals surface area contributed by atoms with Gasteiger partial charge in [-0.15, -0.1) is 0 Å². The molecule has 2 aliphatic heterocycles. The highest BCUT2D eigenvalue weighted by Crippen LogP contribution is 2.54. The zero-order valence-corrected chi connectivity index (χ0v) is 19.4. The van der Waals surface area contributed by atoms with E-state index in [2.05, 4.69) is 77.5 Å². The van der Waals surface area contributed by atoms with E-state index in [1.807, 2.05) is 13.1 Å². The Morgan fingerprint density at radius 1 is 1.16 bits per heavy atom. The highest BCUT2D eigenvalue weighted by atomic mass is 16.1. The zero-order chi connectivity index (χ0) is 22.7. The van der Waals surface area contributed by atoms with Crippen LogP contribution in [0.1, 0.15) is 56.9 Å². The number of nitrogens with one attached hydrogen (secondary N) is 1. The maximum Gasteiger partial charge on any atom is 0.164 e. The van der Waals surface area contributed by atoms with Crippen molar-refractivity contribution in [1.29, 1.82) is 0 Å². The van der Waals surface area contributed by atoms with Crippen LogP contribution in [-0.2, 0) is 10.2 Å². The van der Waals surface area contributed by atoms with Crippen LogP contribution in [0.25, 0.3) is 11.3 Å². The fourth-order valence-corrected chi connectivity index (χ4v) is 5.65. The Bertz CT molecular complexity index is 1220. The smallest absolute Gasteiger partial charge is 0.164 e. The van der Waals surface area contributed by atoms with Gasteiger partial charge in [-0.25, -0.2) is 9.97 Å². The highest BCUT2D eigenvalue weighted by Gasteiger charge is 2.52. The summed E-state index contributed by atoms with van der Waals surface area (Å²) in [5.74, 6) is 0.219. The van der Waals surface area contributed by atoms with Crippen LogP contribution in [0.5, 0.6) is 0 Å². The Labute approximate surface area is 189 Å². The molecule has 1 aliphatic carbocycles. The Morgan fingerprint density at radius 3 is 2.75 bits per heavy atom. The largest absolute Gasteiger partial charge is 0.362 e. The lowest BCUT2D eigenvalue weighted by Gasteiger charge is -2.47. The number of allylic oxidation sites excluding steroid dienone is 2. The molecule has 3 aliphatic rings. The molecule has 164 valence electrons. The molecule has 2 aromatic rings. The number of ketones is 1. The molecule has 1 aromatic heterocycles. The first-order valence-electron chi connectivity index (χ1n) is 11.3. The van der Waals surface area contributed by atoms with E-state index in [1.165, 1.54) is 0 Å². The third kappa shape index (κ3) is 2.96. The van der Waals surface area contributed by atoms with Crippen molar-refractivity contribution in [3.63, 3.8) is 0 Å². The molecule has 1 N–H and O–H groups in total. The molecule has 2 unspecified atom stereocenters. The third-order valence-electron chi connectivity index (χ3n) is 7.27. The minimum Gasteiger partial charge on any atom is -0.362 e. The van der Waals surface area contributed by atoms with Gasteiger partial charge in [0.1, 0.15) is 6.33 Å². The zero-order valence-electron chi connectivity index (χ0n) is 19.4. The molecule has 0 fully saturated rings. The number of benzene rings is 1. The van der Waals surface area contributed by atoms with E-state index in [9.17, 15) is 4.79 Å². The standard InChI is InChI=1S/C26H29N5O/c1-6-26(18-9-7-8-17(10-18)23-15(2)16(3)27-14-28-23)19-13-29-31-24(19)30-20-11-25(4,5)12-21(32)22(20)26/h7-10,13-14,24,30H,6,11-12H2,1-5H3. The second-order valence-electron chi connectivity index (χ2n) is 9.93. The molecule has 2 atom stereocenters. The first kappa shape index (κ1) is 20.7. The number of hydrogen-bond acceptors (Lipinski definition) is 6. The van der Waals surface area contributed by atoms with Gasteiger partial charge in [0, 0.05) is 34.5 Å². The van der Waals surface area contributed by atoms with Crippen LogP contribution >= 0.6 is 0 Å². The predicted octanol–water partition coefficient (Wildman–Crippen LogP) is 5.33. The van der Waals surface area contributed by atoms with E-state index >= 15 is 0 Å². The third-order valence-corrected chi connectivity index (χ3v) is 7.27. The van der Waals surface area contributed by atoms with Crippen LogP contribution in [-0.4, -0.2) is 21.9 Å². The fourth-order valence-electron chi connectivity index (χ4n) is 5.65. The summed E-state index contributed by atoms with van der Waals surface area (Å²) >= 11 is 0. The van der Waals surface area contributed by atoms with Crippen molar-refractivity contribution in [3.05, 3.63) is 70.5 Å². The van der Waals surface area contributed by atoms with Gasteiger partial charge in [-0.05, 0) is 49.3 Å². The monoisotopic (exact) mass is 427 g/mol. The molecular formula is C26H29N5O. The van der Waals surface area contributed by atoms with Gasteiger partial charge in [-0.3, -0.25) is 4.79 Å². The van der Waals surface area contributed by atoms with Crippen molar-refractivity contribution in [2.45, 2.75) is 65.5 Å². The predicted molar refractivity (Wildman–Crippen MR) is 124 cm³/mol. The summed E-state index contributed by atoms with van der Waals surface area (Å²) in [6.45, 7) is 10.5. The summed E-state index contributed by atoms with van der Waals surface area (Å²) in [4.78, 5) is 22.5. The molecule has 1 aromatic carbocycles. The summed E-state index contributed by atoms with van der Waals surface area (Å²) in [5, 5.41) is 12.3. The Balaban J connectivity index is 1.75. The van der Waals surface area contributed by atoms with Gasteiger partial charge in [0.25, 0.3) is 0 Å². The maximum atomic E-state index is 13.6. The molecule has 0 spiro atoms. The molecule has 0 saturated carbocycles. The number of azo groups is 1. The van der Waals surface area contributed by atoms with Crippen molar-refractivity contribution in [2.75, 3.05) is 0 Å². The molecule has 0 bridgehead atoms. The van der Waals surface area contributed by atoms with Crippen molar-refractivity contribution in [1.82, 2.24) is 15.3 Å². The second kappa shape index (κ2) is 7.19.